The van der Waals surface area contributed by atoms with E-state index < -0.39 is 0 Å². The van der Waals surface area contributed by atoms with Crippen LogP contribution in [0.4, 0.5) is 5.95 Å². The first-order valence-corrected chi connectivity index (χ1v) is 7.04. The Kier molecular flexibility index (Phi) is 3.86. The summed E-state index contributed by atoms with van der Waals surface area (Å²) >= 11 is 12.1. The van der Waals surface area contributed by atoms with Crippen molar-refractivity contribution >= 4 is 29.2 Å². The largest absolute Gasteiger partial charge is 0.459 e. The zero-order chi connectivity index (χ0) is 14.8. The Balaban J connectivity index is 1.74. The van der Waals surface area contributed by atoms with Crippen LogP contribution in [0.2, 0.25) is 10.0 Å². The minimum Gasteiger partial charge on any atom is -0.459 e. The van der Waals surface area contributed by atoms with Crippen molar-refractivity contribution in [2.45, 2.75) is 13.5 Å². The fourth-order valence-corrected chi connectivity index (χ4v) is 2.40. The standard InChI is InChI=1S/C14H12Cl2N4O/c1-8-18-14(20-19-8)17-7-10-3-5-13(21-10)11-4-2-9(15)6-12(11)16/h2-6H,7H2,1H3,(H2,17,18,19,20). The highest BCUT2D eigenvalue weighted by molar-refractivity contribution is 6.36. The Morgan fingerprint density at radius 1 is 1.24 bits per heavy atom. The van der Waals surface area contributed by atoms with Gasteiger partial charge in [-0.2, -0.15) is 4.98 Å². The second-order valence-corrected chi connectivity index (χ2v) is 5.33. The van der Waals surface area contributed by atoms with Crippen molar-refractivity contribution in [2.75, 3.05) is 5.32 Å². The molecule has 2 aromatic heterocycles. The van der Waals surface area contributed by atoms with Gasteiger partial charge in [0.15, 0.2) is 0 Å². The fourth-order valence-electron chi connectivity index (χ4n) is 1.89. The Morgan fingerprint density at radius 3 is 2.81 bits per heavy atom. The molecule has 0 spiro atoms. The number of aryl methyl sites for hydroxylation is 1. The van der Waals surface area contributed by atoms with Crippen molar-refractivity contribution in [3.63, 3.8) is 0 Å². The van der Waals surface area contributed by atoms with E-state index in [4.69, 9.17) is 27.6 Å². The van der Waals surface area contributed by atoms with Crippen LogP contribution in [0.1, 0.15) is 11.6 Å². The summed E-state index contributed by atoms with van der Waals surface area (Å²) in [5, 5.41) is 11.0. The van der Waals surface area contributed by atoms with Gasteiger partial charge in [-0.05, 0) is 37.3 Å². The molecule has 0 aliphatic carbocycles. The molecule has 0 bridgehead atoms. The normalized spacial score (nSPS) is 10.8. The van der Waals surface area contributed by atoms with E-state index >= 15 is 0 Å². The molecule has 0 amide bonds. The molecule has 0 saturated heterocycles. The zero-order valence-corrected chi connectivity index (χ0v) is 12.7. The Bertz CT molecular complexity index is 766. The third-order valence-corrected chi connectivity index (χ3v) is 3.42. The summed E-state index contributed by atoms with van der Waals surface area (Å²) in [5.74, 6) is 2.75. The van der Waals surface area contributed by atoms with Gasteiger partial charge >= 0.3 is 0 Å². The van der Waals surface area contributed by atoms with E-state index in [9.17, 15) is 0 Å². The van der Waals surface area contributed by atoms with Gasteiger partial charge in [-0.1, -0.05) is 23.2 Å². The second-order valence-electron chi connectivity index (χ2n) is 4.49. The maximum atomic E-state index is 6.16. The summed E-state index contributed by atoms with van der Waals surface area (Å²) in [7, 11) is 0. The van der Waals surface area contributed by atoms with Crippen LogP contribution in [0.15, 0.2) is 34.7 Å². The van der Waals surface area contributed by atoms with Crippen molar-refractivity contribution in [1.29, 1.82) is 0 Å². The number of furan rings is 1. The van der Waals surface area contributed by atoms with Gasteiger partial charge in [0.05, 0.1) is 11.6 Å². The van der Waals surface area contributed by atoms with E-state index in [-0.39, 0.29) is 0 Å². The van der Waals surface area contributed by atoms with E-state index in [2.05, 4.69) is 20.5 Å². The first-order valence-electron chi connectivity index (χ1n) is 6.29. The van der Waals surface area contributed by atoms with E-state index in [1.165, 1.54) is 0 Å². The molecule has 0 radical (unpaired) electrons. The van der Waals surface area contributed by atoms with Crippen LogP contribution in [0, 0.1) is 6.92 Å². The van der Waals surface area contributed by atoms with E-state index in [1.54, 1.807) is 12.1 Å². The average molecular weight is 323 g/mol. The van der Waals surface area contributed by atoms with Crippen LogP contribution in [0.3, 0.4) is 0 Å². The molecule has 2 heterocycles. The molecule has 0 atom stereocenters. The lowest BCUT2D eigenvalue weighted by atomic mass is 10.2. The number of nitrogens with zero attached hydrogens (tertiary/aromatic N) is 2. The quantitative estimate of drug-likeness (QED) is 0.751. The van der Waals surface area contributed by atoms with Gasteiger partial charge < -0.3 is 9.73 Å². The van der Waals surface area contributed by atoms with Gasteiger partial charge in [0.25, 0.3) is 0 Å². The van der Waals surface area contributed by atoms with Crippen LogP contribution in [-0.2, 0) is 6.54 Å². The third kappa shape index (κ3) is 3.20. The lowest BCUT2D eigenvalue weighted by molar-refractivity contribution is 0.531. The molecule has 0 aliphatic rings. The topological polar surface area (TPSA) is 66.7 Å². The highest BCUT2D eigenvalue weighted by atomic mass is 35.5. The number of hydrogen-bond donors (Lipinski definition) is 2. The minimum atomic E-state index is 0.489. The van der Waals surface area contributed by atoms with Crippen molar-refractivity contribution in [3.8, 4) is 11.3 Å². The van der Waals surface area contributed by atoms with Crippen LogP contribution in [0.25, 0.3) is 11.3 Å². The Morgan fingerprint density at radius 2 is 2.10 bits per heavy atom. The second kappa shape index (κ2) is 5.79. The molecule has 0 saturated carbocycles. The number of rotatable bonds is 4. The minimum absolute atomic E-state index is 0.489. The van der Waals surface area contributed by atoms with Gasteiger partial charge in [-0.3, -0.25) is 5.10 Å². The third-order valence-electron chi connectivity index (χ3n) is 2.88. The summed E-state index contributed by atoms with van der Waals surface area (Å²) in [5.41, 5.74) is 0.807. The Hall–Kier alpha value is -1.98. The lowest BCUT2D eigenvalue weighted by Crippen LogP contribution is -1.99. The maximum absolute atomic E-state index is 6.16. The van der Waals surface area contributed by atoms with Crippen LogP contribution < -0.4 is 5.32 Å². The van der Waals surface area contributed by atoms with E-state index in [0.717, 1.165) is 17.1 Å². The number of aromatic nitrogens is 3. The summed E-state index contributed by atoms with van der Waals surface area (Å²) in [6.07, 6.45) is 0. The average Bonchev–Trinajstić information content (AvgIpc) is 3.05. The summed E-state index contributed by atoms with van der Waals surface area (Å²) < 4.78 is 5.76. The zero-order valence-electron chi connectivity index (χ0n) is 11.2. The van der Waals surface area contributed by atoms with Gasteiger partial charge in [0.2, 0.25) is 5.95 Å². The molecule has 0 unspecified atom stereocenters. The maximum Gasteiger partial charge on any atom is 0.242 e. The van der Waals surface area contributed by atoms with Gasteiger partial charge in [0.1, 0.15) is 17.3 Å². The van der Waals surface area contributed by atoms with Gasteiger partial charge in [-0.25, -0.2) is 0 Å². The molecule has 3 rings (SSSR count). The van der Waals surface area contributed by atoms with E-state index in [0.29, 0.717) is 28.3 Å². The summed E-state index contributed by atoms with van der Waals surface area (Å²) in [6.45, 7) is 2.33. The van der Waals surface area contributed by atoms with Crippen molar-refractivity contribution in [2.24, 2.45) is 0 Å². The molecule has 1 aromatic carbocycles. The predicted molar refractivity (Wildman–Crippen MR) is 82.6 cm³/mol. The van der Waals surface area contributed by atoms with Crippen molar-refractivity contribution in [1.82, 2.24) is 15.2 Å². The van der Waals surface area contributed by atoms with Crippen molar-refractivity contribution in [3.05, 3.63) is 52.0 Å². The number of nitrogens with one attached hydrogen (secondary N) is 2. The molecular weight excluding hydrogens is 311 g/mol. The van der Waals surface area contributed by atoms with Crippen LogP contribution in [0.5, 0.6) is 0 Å². The molecule has 7 heteroatoms. The molecule has 108 valence electrons. The molecule has 0 aliphatic heterocycles. The lowest BCUT2D eigenvalue weighted by Gasteiger charge is -2.02. The highest BCUT2D eigenvalue weighted by Gasteiger charge is 2.09. The van der Waals surface area contributed by atoms with Crippen LogP contribution >= 0.6 is 23.2 Å². The van der Waals surface area contributed by atoms with Gasteiger partial charge in [-0.15, -0.1) is 5.10 Å². The van der Waals surface area contributed by atoms with Crippen LogP contribution in [-0.4, -0.2) is 15.2 Å². The fraction of sp³-hybridized carbons (Fsp3) is 0.143. The SMILES string of the molecule is Cc1nc(NCc2ccc(-c3ccc(Cl)cc3Cl)o2)n[nH]1. The number of halogens is 2. The summed E-state index contributed by atoms with van der Waals surface area (Å²) in [4.78, 5) is 4.16. The first kappa shape index (κ1) is 14.0. The van der Waals surface area contributed by atoms with Gasteiger partial charge in [0, 0.05) is 10.6 Å². The van der Waals surface area contributed by atoms with E-state index in [1.807, 2.05) is 25.1 Å². The van der Waals surface area contributed by atoms with Crippen molar-refractivity contribution < 1.29 is 4.42 Å². The number of aromatic amines is 1. The number of benzene rings is 1. The number of anilines is 1. The molecule has 2 N–H and O–H groups in total. The number of H-pyrrole nitrogens is 1. The molecule has 21 heavy (non-hydrogen) atoms. The first-order chi connectivity index (χ1) is 10.1. The monoisotopic (exact) mass is 322 g/mol. The molecule has 5 nitrogen and oxygen atoms in total. The Labute approximate surface area is 131 Å². The molecular formula is C14H12Cl2N4O. The predicted octanol–water partition coefficient (Wildman–Crippen LogP) is 4.29. The molecule has 3 aromatic rings. The molecule has 0 fully saturated rings. The smallest absolute Gasteiger partial charge is 0.242 e. The number of hydrogen-bond acceptors (Lipinski definition) is 4. The summed E-state index contributed by atoms with van der Waals surface area (Å²) in [6, 6.07) is 9.05. The highest BCUT2D eigenvalue weighted by Crippen LogP contribution is 2.31.